The standard InChI is InChI=1S/C43H82O5/c1-3-5-7-9-11-13-15-17-18-19-20-21-22-23-24-26-27-29-31-33-35-37-42(45)47-40-41(39-44)48-43(46)38-36-34-32-30-28-25-16-14-12-10-8-6-4-2/h17-18,41,44H,3-16,19-40H2,1-2H3. The Kier molecular flexibility index (Phi) is 38.9. The number of carbonyl (C=O) groups excluding carboxylic acids is 2. The Bertz CT molecular complexity index is 691. The van der Waals surface area contributed by atoms with Gasteiger partial charge in [0.05, 0.1) is 6.61 Å². The molecule has 0 fully saturated rings. The molecule has 0 aromatic heterocycles. The van der Waals surface area contributed by atoms with Crippen LogP contribution in [0.4, 0.5) is 0 Å². The molecule has 0 bridgehead atoms. The summed E-state index contributed by atoms with van der Waals surface area (Å²) in [6, 6.07) is 0. The molecule has 5 heteroatoms. The molecule has 5 nitrogen and oxygen atoms in total. The van der Waals surface area contributed by atoms with Crippen molar-refractivity contribution in [1.82, 2.24) is 0 Å². The monoisotopic (exact) mass is 679 g/mol. The summed E-state index contributed by atoms with van der Waals surface area (Å²) in [5.74, 6) is -0.579. The highest BCUT2D eigenvalue weighted by atomic mass is 16.6. The van der Waals surface area contributed by atoms with E-state index in [1.54, 1.807) is 0 Å². The third-order valence-electron chi connectivity index (χ3n) is 9.56. The second kappa shape index (κ2) is 40.1. The lowest BCUT2D eigenvalue weighted by Gasteiger charge is -2.15. The van der Waals surface area contributed by atoms with Gasteiger partial charge in [-0.2, -0.15) is 0 Å². The van der Waals surface area contributed by atoms with Gasteiger partial charge in [0.25, 0.3) is 0 Å². The van der Waals surface area contributed by atoms with Crippen molar-refractivity contribution in [3.63, 3.8) is 0 Å². The molecule has 1 N–H and O–H groups in total. The molecule has 0 heterocycles. The van der Waals surface area contributed by atoms with E-state index < -0.39 is 6.10 Å². The van der Waals surface area contributed by atoms with Crippen LogP contribution in [-0.4, -0.2) is 36.4 Å². The number of hydrogen-bond acceptors (Lipinski definition) is 5. The molecule has 48 heavy (non-hydrogen) atoms. The third kappa shape index (κ3) is 37.5. The van der Waals surface area contributed by atoms with Crippen LogP contribution in [0.3, 0.4) is 0 Å². The normalized spacial score (nSPS) is 12.1. The summed E-state index contributed by atoms with van der Waals surface area (Å²) in [7, 11) is 0. The Balaban J connectivity index is 3.48. The highest BCUT2D eigenvalue weighted by molar-refractivity contribution is 5.70. The van der Waals surface area contributed by atoms with Gasteiger partial charge in [0.15, 0.2) is 6.10 Å². The molecule has 0 radical (unpaired) electrons. The Morgan fingerprint density at radius 2 is 0.771 bits per heavy atom. The molecular weight excluding hydrogens is 596 g/mol. The lowest BCUT2D eigenvalue weighted by molar-refractivity contribution is -0.161. The second-order valence-electron chi connectivity index (χ2n) is 14.4. The number of aliphatic hydroxyl groups is 1. The van der Waals surface area contributed by atoms with Crippen LogP contribution in [0.25, 0.3) is 0 Å². The molecule has 0 aliphatic rings. The van der Waals surface area contributed by atoms with Gasteiger partial charge >= 0.3 is 11.9 Å². The quantitative estimate of drug-likeness (QED) is 0.0398. The highest BCUT2D eigenvalue weighted by Gasteiger charge is 2.16. The van der Waals surface area contributed by atoms with Crippen LogP contribution in [0.5, 0.6) is 0 Å². The molecule has 0 amide bonds. The zero-order valence-corrected chi connectivity index (χ0v) is 32.3. The SMILES string of the molecule is CCCCCCCCC=CCCCCCCCCCCCCCC(=O)OCC(CO)OC(=O)CCCCCCCCCCCCCCC. The molecule has 0 rings (SSSR count). The maximum absolute atomic E-state index is 12.2. The molecular formula is C43H82O5. The van der Waals surface area contributed by atoms with Gasteiger partial charge in [-0.1, -0.05) is 193 Å². The first-order valence-corrected chi connectivity index (χ1v) is 21.2. The molecule has 0 aliphatic carbocycles. The van der Waals surface area contributed by atoms with Crippen molar-refractivity contribution >= 4 is 11.9 Å². The van der Waals surface area contributed by atoms with Crippen LogP contribution in [0.1, 0.15) is 232 Å². The number of carbonyl (C=O) groups is 2. The molecule has 284 valence electrons. The minimum atomic E-state index is -0.764. The molecule has 0 aromatic carbocycles. The van der Waals surface area contributed by atoms with Crippen molar-refractivity contribution in [2.75, 3.05) is 13.2 Å². The van der Waals surface area contributed by atoms with Crippen molar-refractivity contribution in [2.24, 2.45) is 0 Å². The van der Waals surface area contributed by atoms with E-state index in [2.05, 4.69) is 26.0 Å². The number of allylic oxidation sites excluding steroid dienone is 2. The lowest BCUT2D eigenvalue weighted by atomic mass is 10.0. The van der Waals surface area contributed by atoms with Gasteiger partial charge in [-0.3, -0.25) is 9.59 Å². The van der Waals surface area contributed by atoms with Gasteiger partial charge < -0.3 is 14.6 Å². The fourth-order valence-electron chi connectivity index (χ4n) is 6.31. The maximum atomic E-state index is 12.2. The average molecular weight is 679 g/mol. The van der Waals surface area contributed by atoms with E-state index in [4.69, 9.17) is 9.47 Å². The summed E-state index contributed by atoms with van der Waals surface area (Å²) in [6.45, 7) is 4.15. The van der Waals surface area contributed by atoms with Crippen molar-refractivity contribution in [2.45, 2.75) is 238 Å². The van der Waals surface area contributed by atoms with Crippen LogP contribution < -0.4 is 0 Å². The number of ether oxygens (including phenoxy) is 2. The topological polar surface area (TPSA) is 72.8 Å². The van der Waals surface area contributed by atoms with E-state index in [-0.39, 0.29) is 25.2 Å². The molecule has 1 atom stereocenters. The predicted octanol–water partition coefficient (Wildman–Crippen LogP) is 13.3. The number of rotatable bonds is 39. The Morgan fingerprint density at radius 1 is 0.458 bits per heavy atom. The van der Waals surface area contributed by atoms with Gasteiger partial charge in [-0.15, -0.1) is 0 Å². The second-order valence-corrected chi connectivity index (χ2v) is 14.4. The Labute approximate surface area is 299 Å². The van der Waals surface area contributed by atoms with Crippen LogP contribution in [-0.2, 0) is 19.1 Å². The lowest BCUT2D eigenvalue weighted by Crippen LogP contribution is -2.28. The number of unbranched alkanes of at least 4 members (excludes halogenated alkanes) is 29. The van der Waals surface area contributed by atoms with Gasteiger partial charge in [-0.25, -0.2) is 0 Å². The third-order valence-corrected chi connectivity index (χ3v) is 9.56. The molecule has 0 saturated heterocycles. The van der Waals surface area contributed by atoms with E-state index in [1.807, 2.05) is 0 Å². The van der Waals surface area contributed by atoms with E-state index in [0.717, 1.165) is 38.5 Å². The largest absolute Gasteiger partial charge is 0.462 e. The minimum absolute atomic E-state index is 0.0599. The predicted molar refractivity (Wildman–Crippen MR) is 205 cm³/mol. The first-order valence-electron chi connectivity index (χ1n) is 21.2. The van der Waals surface area contributed by atoms with Gasteiger partial charge in [0.1, 0.15) is 6.61 Å². The van der Waals surface area contributed by atoms with Crippen molar-refractivity contribution in [3.8, 4) is 0 Å². The summed E-state index contributed by atoms with van der Waals surface area (Å²) in [6.07, 6.45) is 45.6. The van der Waals surface area contributed by atoms with Crippen LogP contribution in [0, 0.1) is 0 Å². The molecule has 0 aromatic rings. The smallest absolute Gasteiger partial charge is 0.306 e. The van der Waals surface area contributed by atoms with Gasteiger partial charge in [0.2, 0.25) is 0 Å². The number of hydrogen-bond donors (Lipinski definition) is 1. The Hall–Kier alpha value is -1.36. The van der Waals surface area contributed by atoms with E-state index in [0.29, 0.717) is 12.8 Å². The van der Waals surface area contributed by atoms with E-state index in [1.165, 1.54) is 167 Å². The Morgan fingerprint density at radius 3 is 1.12 bits per heavy atom. The molecule has 0 saturated carbocycles. The summed E-state index contributed by atoms with van der Waals surface area (Å²) >= 11 is 0. The summed E-state index contributed by atoms with van der Waals surface area (Å²) in [5, 5.41) is 9.56. The molecule has 0 aliphatic heterocycles. The number of aliphatic hydroxyl groups excluding tert-OH is 1. The van der Waals surface area contributed by atoms with Crippen molar-refractivity contribution in [3.05, 3.63) is 12.2 Å². The number of esters is 2. The van der Waals surface area contributed by atoms with Gasteiger partial charge in [-0.05, 0) is 38.5 Å². The average Bonchev–Trinajstić information content (AvgIpc) is 3.09. The zero-order valence-electron chi connectivity index (χ0n) is 32.3. The minimum Gasteiger partial charge on any atom is -0.462 e. The first-order chi connectivity index (χ1) is 23.6. The van der Waals surface area contributed by atoms with Gasteiger partial charge in [0, 0.05) is 12.8 Å². The summed E-state index contributed by atoms with van der Waals surface area (Å²) in [4.78, 5) is 24.3. The fourth-order valence-corrected chi connectivity index (χ4v) is 6.31. The maximum Gasteiger partial charge on any atom is 0.306 e. The zero-order chi connectivity index (χ0) is 35.0. The van der Waals surface area contributed by atoms with Crippen LogP contribution >= 0.6 is 0 Å². The highest BCUT2D eigenvalue weighted by Crippen LogP contribution is 2.15. The molecule has 0 spiro atoms. The molecule has 1 unspecified atom stereocenters. The van der Waals surface area contributed by atoms with Crippen molar-refractivity contribution in [1.29, 1.82) is 0 Å². The van der Waals surface area contributed by atoms with Crippen molar-refractivity contribution < 1.29 is 24.2 Å². The van der Waals surface area contributed by atoms with E-state index in [9.17, 15) is 14.7 Å². The first kappa shape index (κ1) is 46.6. The summed E-state index contributed by atoms with van der Waals surface area (Å²) in [5.41, 5.74) is 0. The van der Waals surface area contributed by atoms with Crippen LogP contribution in [0.2, 0.25) is 0 Å². The fraction of sp³-hybridized carbons (Fsp3) is 0.907. The van der Waals surface area contributed by atoms with E-state index >= 15 is 0 Å². The van der Waals surface area contributed by atoms with Crippen LogP contribution in [0.15, 0.2) is 12.2 Å². The summed E-state index contributed by atoms with van der Waals surface area (Å²) < 4.78 is 10.6.